The second-order valence-electron chi connectivity index (χ2n) is 5.94. The summed E-state index contributed by atoms with van der Waals surface area (Å²) >= 11 is 1.36. The lowest BCUT2D eigenvalue weighted by molar-refractivity contribution is 0.0938. The molecule has 1 aromatic heterocycles. The van der Waals surface area contributed by atoms with Crippen LogP contribution in [-0.2, 0) is 0 Å². The molecule has 2 amide bonds. The number of rotatable bonds is 5. The Balaban J connectivity index is 1.67. The van der Waals surface area contributed by atoms with Crippen LogP contribution < -0.4 is 10.6 Å². The molecule has 134 valence electrons. The van der Waals surface area contributed by atoms with Crippen molar-refractivity contribution in [3.05, 3.63) is 87.6 Å². The van der Waals surface area contributed by atoms with Gasteiger partial charge in [0, 0.05) is 11.3 Å². The van der Waals surface area contributed by atoms with Crippen LogP contribution in [-0.4, -0.2) is 11.8 Å². The molecule has 0 saturated carbocycles. The minimum absolute atomic E-state index is 0.200. The summed E-state index contributed by atoms with van der Waals surface area (Å²) in [6, 6.07) is 19.3. The SMILES string of the molecule is CC(NC(=O)c1cccc(NC(=O)c2cccs2)c1)c1ccc(C#N)cc1. The quantitative estimate of drug-likeness (QED) is 0.695. The number of nitrogens with one attached hydrogen (secondary N) is 2. The Morgan fingerprint density at radius 3 is 2.48 bits per heavy atom. The highest BCUT2D eigenvalue weighted by molar-refractivity contribution is 7.12. The smallest absolute Gasteiger partial charge is 0.265 e. The maximum atomic E-state index is 12.5. The topological polar surface area (TPSA) is 82.0 Å². The third kappa shape index (κ3) is 4.60. The zero-order valence-electron chi connectivity index (χ0n) is 14.6. The van der Waals surface area contributed by atoms with E-state index in [1.807, 2.05) is 30.5 Å². The van der Waals surface area contributed by atoms with Gasteiger partial charge in [-0.05, 0) is 54.3 Å². The lowest BCUT2D eigenvalue weighted by Crippen LogP contribution is -2.26. The molecule has 0 aliphatic rings. The Morgan fingerprint density at radius 2 is 1.81 bits per heavy atom. The van der Waals surface area contributed by atoms with Gasteiger partial charge in [-0.1, -0.05) is 24.3 Å². The van der Waals surface area contributed by atoms with E-state index in [0.29, 0.717) is 21.7 Å². The van der Waals surface area contributed by atoms with Crippen LogP contribution in [0.25, 0.3) is 0 Å². The first-order chi connectivity index (χ1) is 13.1. The summed E-state index contributed by atoms with van der Waals surface area (Å²) in [4.78, 5) is 25.3. The van der Waals surface area contributed by atoms with Crippen LogP contribution in [0.15, 0.2) is 66.0 Å². The first-order valence-electron chi connectivity index (χ1n) is 8.32. The van der Waals surface area contributed by atoms with Crippen molar-refractivity contribution >= 4 is 28.8 Å². The van der Waals surface area contributed by atoms with E-state index in [1.165, 1.54) is 11.3 Å². The molecule has 1 atom stereocenters. The van der Waals surface area contributed by atoms with Crippen molar-refractivity contribution in [2.24, 2.45) is 0 Å². The maximum Gasteiger partial charge on any atom is 0.265 e. The van der Waals surface area contributed by atoms with Gasteiger partial charge in [-0.25, -0.2) is 0 Å². The summed E-state index contributed by atoms with van der Waals surface area (Å²) in [7, 11) is 0. The minimum Gasteiger partial charge on any atom is -0.346 e. The predicted molar refractivity (Wildman–Crippen MR) is 106 cm³/mol. The molecule has 27 heavy (non-hydrogen) atoms. The van der Waals surface area contributed by atoms with E-state index >= 15 is 0 Å². The number of hydrogen-bond donors (Lipinski definition) is 2. The number of hydrogen-bond acceptors (Lipinski definition) is 4. The summed E-state index contributed by atoms with van der Waals surface area (Å²) < 4.78 is 0. The van der Waals surface area contributed by atoms with E-state index in [1.54, 1.807) is 42.5 Å². The van der Waals surface area contributed by atoms with Gasteiger partial charge in [0.2, 0.25) is 0 Å². The van der Waals surface area contributed by atoms with E-state index < -0.39 is 0 Å². The molecule has 2 aromatic carbocycles. The van der Waals surface area contributed by atoms with Crippen LogP contribution in [0.4, 0.5) is 5.69 Å². The zero-order valence-corrected chi connectivity index (χ0v) is 15.4. The molecule has 3 rings (SSSR count). The average molecular weight is 375 g/mol. The molecule has 0 bridgehead atoms. The van der Waals surface area contributed by atoms with Gasteiger partial charge in [-0.15, -0.1) is 11.3 Å². The van der Waals surface area contributed by atoms with Gasteiger partial charge in [0.1, 0.15) is 0 Å². The molecule has 5 nitrogen and oxygen atoms in total. The van der Waals surface area contributed by atoms with Crippen LogP contribution in [0.5, 0.6) is 0 Å². The number of amides is 2. The fourth-order valence-corrected chi connectivity index (χ4v) is 3.17. The van der Waals surface area contributed by atoms with Gasteiger partial charge in [-0.3, -0.25) is 9.59 Å². The Hall–Kier alpha value is -3.43. The van der Waals surface area contributed by atoms with Crippen molar-refractivity contribution in [2.75, 3.05) is 5.32 Å². The average Bonchev–Trinajstić information content (AvgIpc) is 3.23. The molecular formula is C21H17N3O2S. The van der Waals surface area contributed by atoms with E-state index in [0.717, 1.165) is 5.56 Å². The van der Waals surface area contributed by atoms with Crippen LogP contribution in [0.3, 0.4) is 0 Å². The highest BCUT2D eigenvalue weighted by Gasteiger charge is 2.13. The minimum atomic E-state index is -0.237. The molecule has 0 fully saturated rings. The largest absolute Gasteiger partial charge is 0.346 e. The Morgan fingerprint density at radius 1 is 1.04 bits per heavy atom. The lowest BCUT2D eigenvalue weighted by atomic mass is 10.1. The van der Waals surface area contributed by atoms with Gasteiger partial charge in [0.05, 0.1) is 22.6 Å². The fraction of sp³-hybridized carbons (Fsp3) is 0.0952. The molecule has 0 aliphatic carbocycles. The summed E-state index contributed by atoms with van der Waals surface area (Å²) in [5.74, 6) is -0.437. The number of anilines is 1. The molecule has 0 saturated heterocycles. The van der Waals surface area contributed by atoms with Gasteiger partial charge in [0.15, 0.2) is 0 Å². The third-order valence-electron chi connectivity index (χ3n) is 4.01. The molecule has 1 unspecified atom stereocenters. The number of nitrogens with zero attached hydrogens (tertiary/aromatic N) is 1. The summed E-state index contributed by atoms with van der Waals surface area (Å²) in [5.41, 5.74) is 2.50. The molecule has 2 N–H and O–H groups in total. The van der Waals surface area contributed by atoms with Crippen molar-refractivity contribution in [1.82, 2.24) is 5.32 Å². The fourth-order valence-electron chi connectivity index (χ4n) is 2.55. The van der Waals surface area contributed by atoms with E-state index in [4.69, 9.17) is 5.26 Å². The first kappa shape index (κ1) is 18.4. The molecular weight excluding hydrogens is 358 g/mol. The van der Waals surface area contributed by atoms with E-state index in [2.05, 4.69) is 16.7 Å². The summed E-state index contributed by atoms with van der Waals surface area (Å²) in [5, 5.41) is 16.4. The van der Waals surface area contributed by atoms with E-state index in [9.17, 15) is 9.59 Å². The zero-order chi connectivity index (χ0) is 19.2. The first-order valence-corrected chi connectivity index (χ1v) is 9.20. The van der Waals surface area contributed by atoms with Gasteiger partial charge >= 0.3 is 0 Å². The molecule has 3 aromatic rings. The second-order valence-corrected chi connectivity index (χ2v) is 6.89. The standard InChI is InChI=1S/C21H17N3O2S/c1-14(16-9-7-15(13-22)8-10-16)23-20(25)17-4-2-5-18(12-17)24-21(26)19-6-3-11-27-19/h2-12,14H,1H3,(H,23,25)(H,24,26). The van der Waals surface area contributed by atoms with Crippen molar-refractivity contribution in [2.45, 2.75) is 13.0 Å². The molecule has 1 heterocycles. The van der Waals surface area contributed by atoms with Gasteiger partial charge in [0.25, 0.3) is 11.8 Å². The van der Waals surface area contributed by atoms with Crippen LogP contribution in [0.1, 0.15) is 44.1 Å². The number of carbonyl (C=O) groups is 2. The molecule has 0 aliphatic heterocycles. The van der Waals surface area contributed by atoms with Crippen LogP contribution in [0, 0.1) is 11.3 Å². The Kier molecular flexibility index (Phi) is 5.64. The Bertz CT molecular complexity index is 989. The number of thiophene rings is 1. The monoisotopic (exact) mass is 375 g/mol. The van der Waals surface area contributed by atoms with Crippen molar-refractivity contribution in [3.8, 4) is 6.07 Å². The molecule has 6 heteroatoms. The second kappa shape index (κ2) is 8.30. The lowest BCUT2D eigenvalue weighted by Gasteiger charge is -2.15. The molecule has 0 spiro atoms. The summed E-state index contributed by atoms with van der Waals surface area (Å²) in [6.07, 6.45) is 0. The number of benzene rings is 2. The van der Waals surface area contributed by atoms with Crippen molar-refractivity contribution in [3.63, 3.8) is 0 Å². The van der Waals surface area contributed by atoms with Crippen LogP contribution >= 0.6 is 11.3 Å². The van der Waals surface area contributed by atoms with Crippen LogP contribution in [0.2, 0.25) is 0 Å². The highest BCUT2D eigenvalue weighted by Crippen LogP contribution is 2.17. The van der Waals surface area contributed by atoms with Crippen molar-refractivity contribution < 1.29 is 9.59 Å². The van der Waals surface area contributed by atoms with E-state index in [-0.39, 0.29) is 17.9 Å². The normalized spacial score (nSPS) is 11.3. The van der Waals surface area contributed by atoms with Gasteiger partial charge < -0.3 is 10.6 Å². The number of nitriles is 1. The third-order valence-corrected chi connectivity index (χ3v) is 4.88. The number of carbonyl (C=O) groups excluding carboxylic acids is 2. The van der Waals surface area contributed by atoms with Crippen molar-refractivity contribution in [1.29, 1.82) is 5.26 Å². The maximum absolute atomic E-state index is 12.5. The summed E-state index contributed by atoms with van der Waals surface area (Å²) in [6.45, 7) is 1.88. The molecule has 0 radical (unpaired) electrons. The van der Waals surface area contributed by atoms with Gasteiger partial charge in [-0.2, -0.15) is 5.26 Å². The predicted octanol–water partition coefficient (Wildman–Crippen LogP) is 4.36. The highest BCUT2D eigenvalue weighted by atomic mass is 32.1. The Labute approximate surface area is 161 Å².